The Hall–Kier alpha value is -3.94. The second-order valence-corrected chi connectivity index (χ2v) is 8.05. The predicted octanol–water partition coefficient (Wildman–Crippen LogP) is 5.99. The van der Waals surface area contributed by atoms with Crippen LogP contribution in [0, 0.1) is 0 Å². The summed E-state index contributed by atoms with van der Waals surface area (Å²) in [5.41, 5.74) is 2.06. The molecule has 2 N–H and O–H groups in total. The number of anilines is 1. The predicted molar refractivity (Wildman–Crippen MR) is 133 cm³/mol. The molecular formula is C25H15ClN2O4S. The lowest BCUT2D eigenvalue weighted by molar-refractivity contribution is 0.0953. The summed E-state index contributed by atoms with van der Waals surface area (Å²) in [7, 11) is 0. The summed E-state index contributed by atoms with van der Waals surface area (Å²) < 4.78 is 10.9. The van der Waals surface area contributed by atoms with Crippen LogP contribution in [-0.4, -0.2) is 11.0 Å². The van der Waals surface area contributed by atoms with Crippen LogP contribution in [-0.2, 0) is 0 Å². The first-order valence-corrected chi connectivity index (χ1v) is 10.7. The van der Waals surface area contributed by atoms with Crippen molar-refractivity contribution in [3.8, 4) is 11.1 Å². The second-order valence-electron chi connectivity index (χ2n) is 7.24. The zero-order valence-electron chi connectivity index (χ0n) is 16.9. The van der Waals surface area contributed by atoms with Gasteiger partial charge in [-0.1, -0.05) is 54.1 Å². The fourth-order valence-corrected chi connectivity index (χ4v) is 3.97. The molecule has 0 spiro atoms. The summed E-state index contributed by atoms with van der Waals surface area (Å²) in [6.07, 6.45) is 0. The standard InChI is InChI=1S/C25H15ClN2O4S/c26-19-13-16(9-10-17(19)18-11-14-5-1-4-8-21(14)32-24(18)30)27-25(33)28-23(29)22-12-15-6-2-3-7-20(15)31-22/h1-13H,(H2,27,28,29,33). The number of carbonyl (C=O) groups excluding carboxylic acids is 1. The normalized spacial score (nSPS) is 10.9. The highest BCUT2D eigenvalue weighted by molar-refractivity contribution is 7.80. The number of benzene rings is 3. The van der Waals surface area contributed by atoms with Gasteiger partial charge in [-0.15, -0.1) is 0 Å². The first-order chi connectivity index (χ1) is 16.0. The first kappa shape index (κ1) is 20.9. The number of carbonyl (C=O) groups is 1. The van der Waals surface area contributed by atoms with E-state index in [0.717, 1.165) is 10.8 Å². The quantitative estimate of drug-likeness (QED) is 0.247. The molecule has 0 saturated carbocycles. The molecule has 0 aliphatic rings. The van der Waals surface area contributed by atoms with Gasteiger partial charge in [0.15, 0.2) is 10.9 Å². The number of hydrogen-bond donors (Lipinski definition) is 2. The highest BCUT2D eigenvalue weighted by Gasteiger charge is 2.15. The Morgan fingerprint density at radius 3 is 2.18 bits per heavy atom. The van der Waals surface area contributed by atoms with Gasteiger partial charge in [-0.05, 0) is 48.6 Å². The van der Waals surface area contributed by atoms with Crippen molar-refractivity contribution in [2.45, 2.75) is 0 Å². The van der Waals surface area contributed by atoms with Crippen molar-refractivity contribution in [2.24, 2.45) is 0 Å². The Labute approximate surface area is 197 Å². The SMILES string of the molecule is O=C(NC(=S)Nc1ccc(-c2cc3ccccc3oc2=O)c(Cl)c1)c1cc2ccccc2o1. The molecule has 0 radical (unpaired) electrons. The molecule has 162 valence electrons. The topological polar surface area (TPSA) is 84.5 Å². The van der Waals surface area contributed by atoms with Gasteiger partial charge in [-0.25, -0.2) is 4.79 Å². The fourth-order valence-electron chi connectivity index (χ4n) is 3.48. The number of hydrogen-bond acceptors (Lipinski definition) is 5. The van der Waals surface area contributed by atoms with Crippen LogP contribution in [0.1, 0.15) is 10.6 Å². The van der Waals surface area contributed by atoms with Gasteiger partial charge in [-0.3, -0.25) is 10.1 Å². The van der Waals surface area contributed by atoms with Crippen LogP contribution in [0.5, 0.6) is 0 Å². The molecule has 0 aliphatic heterocycles. The molecular weight excluding hydrogens is 460 g/mol. The van der Waals surface area contributed by atoms with E-state index < -0.39 is 11.5 Å². The third-order valence-electron chi connectivity index (χ3n) is 5.03. The number of thiocarbonyl (C=S) groups is 1. The van der Waals surface area contributed by atoms with Crippen LogP contribution < -0.4 is 16.3 Å². The van der Waals surface area contributed by atoms with E-state index in [1.807, 2.05) is 30.3 Å². The molecule has 5 rings (SSSR count). The number of furan rings is 1. The molecule has 0 atom stereocenters. The summed E-state index contributed by atoms with van der Waals surface area (Å²) in [5.74, 6) is -0.322. The summed E-state index contributed by atoms with van der Waals surface area (Å²) in [5, 5.41) is 7.51. The molecule has 5 aromatic rings. The number of halogens is 1. The van der Waals surface area contributed by atoms with Gasteiger partial charge < -0.3 is 14.2 Å². The molecule has 0 saturated heterocycles. The first-order valence-electron chi connectivity index (χ1n) is 9.92. The lowest BCUT2D eigenvalue weighted by Crippen LogP contribution is -2.33. The Morgan fingerprint density at radius 2 is 1.48 bits per heavy atom. The van der Waals surface area contributed by atoms with E-state index in [1.54, 1.807) is 48.5 Å². The third kappa shape index (κ3) is 4.24. The molecule has 33 heavy (non-hydrogen) atoms. The van der Waals surface area contributed by atoms with Gasteiger partial charge >= 0.3 is 5.63 Å². The lowest BCUT2D eigenvalue weighted by Gasteiger charge is -2.11. The Morgan fingerprint density at radius 1 is 0.818 bits per heavy atom. The highest BCUT2D eigenvalue weighted by Crippen LogP contribution is 2.30. The fraction of sp³-hybridized carbons (Fsp3) is 0. The van der Waals surface area contributed by atoms with E-state index in [2.05, 4.69) is 10.6 Å². The minimum Gasteiger partial charge on any atom is -0.451 e. The van der Waals surface area contributed by atoms with Gasteiger partial charge in [0.25, 0.3) is 5.91 Å². The van der Waals surface area contributed by atoms with Crippen LogP contribution in [0.25, 0.3) is 33.1 Å². The molecule has 2 heterocycles. The van der Waals surface area contributed by atoms with Crippen LogP contribution in [0.2, 0.25) is 5.02 Å². The number of nitrogens with one attached hydrogen (secondary N) is 2. The van der Waals surface area contributed by atoms with Gasteiger partial charge in [-0.2, -0.15) is 0 Å². The van der Waals surface area contributed by atoms with Gasteiger partial charge in [0.05, 0.1) is 10.6 Å². The van der Waals surface area contributed by atoms with Crippen LogP contribution in [0.15, 0.2) is 92.5 Å². The van der Waals surface area contributed by atoms with Crippen molar-refractivity contribution in [2.75, 3.05) is 5.32 Å². The summed E-state index contributed by atoms with van der Waals surface area (Å²) in [6.45, 7) is 0. The highest BCUT2D eigenvalue weighted by atomic mass is 35.5. The number of fused-ring (bicyclic) bond motifs is 2. The molecule has 0 bridgehead atoms. The molecule has 0 aliphatic carbocycles. The van der Waals surface area contributed by atoms with E-state index in [0.29, 0.717) is 33.0 Å². The van der Waals surface area contributed by atoms with Crippen LogP contribution in [0.4, 0.5) is 5.69 Å². The van der Waals surface area contributed by atoms with Crippen molar-refractivity contribution >= 4 is 62.5 Å². The maximum Gasteiger partial charge on any atom is 0.344 e. The third-order valence-corrected chi connectivity index (χ3v) is 5.55. The van der Waals surface area contributed by atoms with Crippen molar-refractivity contribution in [3.63, 3.8) is 0 Å². The molecule has 8 heteroatoms. The van der Waals surface area contributed by atoms with Crippen LogP contribution in [0.3, 0.4) is 0 Å². The second kappa shape index (κ2) is 8.54. The van der Waals surface area contributed by atoms with Gasteiger partial charge in [0.2, 0.25) is 0 Å². The van der Waals surface area contributed by atoms with E-state index >= 15 is 0 Å². The van der Waals surface area contributed by atoms with E-state index in [-0.39, 0.29) is 10.9 Å². The van der Waals surface area contributed by atoms with E-state index in [9.17, 15) is 9.59 Å². The van der Waals surface area contributed by atoms with Crippen molar-refractivity contribution in [3.05, 3.63) is 100 Å². The maximum absolute atomic E-state index is 12.5. The average Bonchev–Trinajstić information content (AvgIpc) is 3.23. The average molecular weight is 475 g/mol. The number of para-hydroxylation sites is 2. The molecule has 0 fully saturated rings. The maximum atomic E-state index is 12.5. The van der Waals surface area contributed by atoms with Gasteiger partial charge in [0, 0.05) is 22.0 Å². The zero-order valence-corrected chi connectivity index (χ0v) is 18.5. The zero-order chi connectivity index (χ0) is 22.9. The van der Waals surface area contributed by atoms with E-state index in [4.69, 9.17) is 32.7 Å². The Balaban J connectivity index is 1.33. The Bertz CT molecular complexity index is 1570. The summed E-state index contributed by atoms with van der Waals surface area (Å²) in [4.78, 5) is 24.9. The molecule has 2 aromatic heterocycles. The van der Waals surface area contributed by atoms with Crippen molar-refractivity contribution in [1.82, 2.24) is 5.32 Å². The minimum absolute atomic E-state index is 0.0782. The minimum atomic E-state index is -0.482. The Kier molecular flexibility index (Phi) is 5.42. The largest absolute Gasteiger partial charge is 0.451 e. The van der Waals surface area contributed by atoms with E-state index in [1.165, 1.54) is 0 Å². The van der Waals surface area contributed by atoms with Gasteiger partial charge in [0.1, 0.15) is 11.2 Å². The number of rotatable bonds is 3. The summed E-state index contributed by atoms with van der Waals surface area (Å²) >= 11 is 11.7. The van der Waals surface area contributed by atoms with Crippen molar-refractivity contribution in [1.29, 1.82) is 0 Å². The molecule has 6 nitrogen and oxygen atoms in total. The molecule has 1 amide bonds. The monoisotopic (exact) mass is 474 g/mol. The summed E-state index contributed by atoms with van der Waals surface area (Å²) in [6, 6.07) is 23.0. The smallest absolute Gasteiger partial charge is 0.344 e. The van der Waals surface area contributed by atoms with Crippen molar-refractivity contribution < 1.29 is 13.6 Å². The molecule has 3 aromatic carbocycles. The number of amides is 1. The lowest BCUT2D eigenvalue weighted by atomic mass is 10.1. The molecule has 0 unspecified atom stereocenters. The van der Waals surface area contributed by atoms with Crippen LogP contribution >= 0.6 is 23.8 Å².